The van der Waals surface area contributed by atoms with Crippen molar-refractivity contribution < 1.29 is 24.3 Å². The first-order valence-corrected chi connectivity index (χ1v) is 13.5. The van der Waals surface area contributed by atoms with Gasteiger partial charge in [-0.25, -0.2) is 14.3 Å². The molecule has 1 saturated carbocycles. The summed E-state index contributed by atoms with van der Waals surface area (Å²) in [5.74, 6) is -1.10. The number of amides is 4. The van der Waals surface area contributed by atoms with Crippen LogP contribution in [0.3, 0.4) is 0 Å². The van der Waals surface area contributed by atoms with Gasteiger partial charge in [0.15, 0.2) is 0 Å². The highest BCUT2D eigenvalue weighted by atomic mass is 35.5. The van der Waals surface area contributed by atoms with Crippen molar-refractivity contribution in [2.45, 2.75) is 40.3 Å². The number of hydrogen-bond acceptors (Lipinski definition) is 6. The Labute approximate surface area is 235 Å². The van der Waals surface area contributed by atoms with Crippen LogP contribution in [0.15, 0.2) is 30.7 Å². The molecular formula is C28H29ClN6O5. The average molecular weight is 565 g/mol. The van der Waals surface area contributed by atoms with Gasteiger partial charge in [-0.1, -0.05) is 32.4 Å². The molecule has 3 fully saturated rings. The summed E-state index contributed by atoms with van der Waals surface area (Å²) in [6.45, 7) is 8.38. The number of carboxylic acid groups (broad SMARTS) is 1. The van der Waals surface area contributed by atoms with Crippen LogP contribution in [0.5, 0.6) is 0 Å². The normalized spacial score (nSPS) is 25.0. The van der Waals surface area contributed by atoms with Crippen molar-refractivity contribution in [3.8, 4) is 11.3 Å². The van der Waals surface area contributed by atoms with Gasteiger partial charge in [0, 0.05) is 29.9 Å². The largest absolute Gasteiger partial charge is 0.465 e. The van der Waals surface area contributed by atoms with E-state index in [1.165, 1.54) is 11.2 Å². The van der Waals surface area contributed by atoms with Crippen molar-refractivity contribution in [1.29, 1.82) is 0 Å². The molecular weight excluding hydrogens is 536 g/mol. The molecule has 0 spiro atoms. The van der Waals surface area contributed by atoms with Crippen LogP contribution < -0.4 is 5.32 Å². The maximum absolute atomic E-state index is 13.9. The van der Waals surface area contributed by atoms with Crippen molar-refractivity contribution in [3.63, 3.8) is 0 Å². The van der Waals surface area contributed by atoms with Crippen LogP contribution in [0.4, 0.5) is 4.79 Å². The van der Waals surface area contributed by atoms with E-state index in [-0.39, 0.29) is 60.0 Å². The molecule has 2 unspecified atom stereocenters. The van der Waals surface area contributed by atoms with Gasteiger partial charge in [-0.3, -0.25) is 19.3 Å². The van der Waals surface area contributed by atoms with Crippen LogP contribution in [0.1, 0.15) is 42.3 Å². The van der Waals surface area contributed by atoms with Crippen LogP contribution in [-0.4, -0.2) is 72.5 Å². The summed E-state index contributed by atoms with van der Waals surface area (Å²) < 4.78 is 1.61. The zero-order chi connectivity index (χ0) is 28.7. The molecule has 208 valence electrons. The minimum absolute atomic E-state index is 0.0531. The number of halogens is 1. The van der Waals surface area contributed by atoms with E-state index in [0.717, 1.165) is 0 Å². The number of nitrogens with one attached hydrogen (secondary N) is 1. The van der Waals surface area contributed by atoms with Gasteiger partial charge in [-0.2, -0.15) is 5.10 Å². The topological polar surface area (TPSA) is 137 Å². The molecule has 3 aromatic rings. The quantitative estimate of drug-likeness (QED) is 0.454. The first-order chi connectivity index (χ1) is 18.9. The summed E-state index contributed by atoms with van der Waals surface area (Å²) in [6.07, 6.45) is 2.00. The standard InChI is InChI=1S/C28H29ClN6O5/c1-13-5-16(29)7-17(20(13)24(36)33-8-14(2)18(11-33)32-27(39)40)23-19-6-15(10-35(19)31-12-30-23)9-34-25(37)21-22(26(34)38)28(21,3)4/h5-7,10,12,14,18,21-22,32H,8-9,11H2,1-4H3,(H,39,40)/t14-,18+,21?,22?/m0/s1. The SMILES string of the molecule is Cc1cc(Cl)cc(-c2ncnn3cc(CN4C(=O)C5C(C4=O)C5(C)C)cc23)c1C(=O)N1C[C@H](C)[C@H](NC(=O)O)C1. The van der Waals surface area contributed by atoms with Crippen molar-refractivity contribution in [2.75, 3.05) is 13.1 Å². The number of hydrogen-bond donors (Lipinski definition) is 2. The van der Waals surface area contributed by atoms with Gasteiger partial charge in [0.1, 0.15) is 6.33 Å². The van der Waals surface area contributed by atoms with E-state index < -0.39 is 6.09 Å². The molecule has 3 aliphatic rings. The molecule has 6 rings (SSSR count). The lowest BCUT2D eigenvalue weighted by molar-refractivity contribution is -0.143. The summed E-state index contributed by atoms with van der Waals surface area (Å²) in [6, 6.07) is 4.85. The summed E-state index contributed by atoms with van der Waals surface area (Å²) in [5, 5.41) is 16.4. The number of likely N-dealkylation sites (tertiary alicyclic amines) is 2. The predicted octanol–water partition coefficient (Wildman–Crippen LogP) is 3.23. The van der Waals surface area contributed by atoms with Gasteiger partial charge in [0.05, 0.1) is 41.2 Å². The molecule has 11 nitrogen and oxygen atoms in total. The van der Waals surface area contributed by atoms with E-state index in [4.69, 9.17) is 11.6 Å². The molecule has 2 aromatic heterocycles. The van der Waals surface area contributed by atoms with Crippen LogP contribution in [0.25, 0.3) is 16.8 Å². The second-order valence-electron chi connectivity index (χ2n) is 11.7. The number of piperidine rings is 1. The Hall–Kier alpha value is -3.99. The van der Waals surface area contributed by atoms with Crippen molar-refractivity contribution >= 4 is 40.9 Å². The van der Waals surface area contributed by atoms with E-state index in [0.29, 0.717) is 45.0 Å². The molecule has 4 atom stereocenters. The monoisotopic (exact) mass is 564 g/mol. The summed E-state index contributed by atoms with van der Waals surface area (Å²) in [7, 11) is 0. The molecule has 0 radical (unpaired) electrons. The molecule has 40 heavy (non-hydrogen) atoms. The van der Waals surface area contributed by atoms with Gasteiger partial charge in [0.25, 0.3) is 5.91 Å². The zero-order valence-electron chi connectivity index (χ0n) is 22.5. The van der Waals surface area contributed by atoms with E-state index in [1.807, 2.05) is 26.8 Å². The van der Waals surface area contributed by atoms with Gasteiger partial charge < -0.3 is 15.3 Å². The highest BCUT2D eigenvalue weighted by molar-refractivity contribution is 6.31. The molecule has 4 amide bonds. The van der Waals surface area contributed by atoms with Crippen LogP contribution in [0.2, 0.25) is 5.02 Å². The van der Waals surface area contributed by atoms with Crippen molar-refractivity contribution in [2.24, 2.45) is 23.2 Å². The molecule has 2 aliphatic heterocycles. The lowest BCUT2D eigenvalue weighted by Gasteiger charge is -2.20. The fourth-order valence-corrected chi connectivity index (χ4v) is 6.74. The number of aryl methyl sites for hydroxylation is 1. The molecule has 1 aliphatic carbocycles. The van der Waals surface area contributed by atoms with Crippen LogP contribution >= 0.6 is 11.6 Å². The number of rotatable bonds is 5. The number of aromatic nitrogens is 3. The Morgan fingerprint density at radius 1 is 1.15 bits per heavy atom. The molecule has 2 N–H and O–H groups in total. The van der Waals surface area contributed by atoms with Crippen LogP contribution in [0, 0.1) is 30.1 Å². The maximum atomic E-state index is 13.9. The molecule has 12 heteroatoms. The molecule has 2 saturated heterocycles. The predicted molar refractivity (Wildman–Crippen MR) is 145 cm³/mol. The summed E-state index contributed by atoms with van der Waals surface area (Å²) in [5.41, 5.74) is 3.11. The summed E-state index contributed by atoms with van der Waals surface area (Å²) >= 11 is 6.45. The number of carbonyl (C=O) groups is 4. The van der Waals surface area contributed by atoms with Gasteiger partial charge in [-0.15, -0.1) is 0 Å². The van der Waals surface area contributed by atoms with Crippen molar-refractivity contribution in [1.82, 2.24) is 29.7 Å². The lowest BCUT2D eigenvalue weighted by atomic mass is 9.97. The fourth-order valence-electron chi connectivity index (χ4n) is 6.47. The third kappa shape index (κ3) is 4.02. The molecule has 0 bridgehead atoms. The lowest BCUT2D eigenvalue weighted by Crippen LogP contribution is -2.39. The highest BCUT2D eigenvalue weighted by Gasteiger charge is 2.72. The number of benzene rings is 1. The Bertz CT molecular complexity index is 1590. The Balaban J connectivity index is 1.35. The van der Waals surface area contributed by atoms with Gasteiger partial charge in [0.2, 0.25) is 11.8 Å². The number of imide groups is 1. The fraction of sp³-hybridized carbons (Fsp3) is 0.429. The first kappa shape index (κ1) is 26.2. The van der Waals surface area contributed by atoms with E-state index in [2.05, 4.69) is 15.4 Å². The first-order valence-electron chi connectivity index (χ1n) is 13.1. The second kappa shape index (κ2) is 9.02. The summed E-state index contributed by atoms with van der Waals surface area (Å²) in [4.78, 5) is 58.3. The van der Waals surface area contributed by atoms with E-state index in [1.54, 1.807) is 34.7 Å². The van der Waals surface area contributed by atoms with Crippen LogP contribution in [-0.2, 0) is 16.1 Å². The number of carbonyl (C=O) groups excluding carboxylic acids is 3. The third-order valence-electron chi connectivity index (χ3n) is 8.67. The zero-order valence-corrected chi connectivity index (χ0v) is 23.3. The molecule has 4 heterocycles. The molecule has 1 aromatic carbocycles. The minimum Gasteiger partial charge on any atom is -0.465 e. The highest BCUT2D eigenvalue weighted by Crippen LogP contribution is 2.63. The second-order valence-corrected chi connectivity index (χ2v) is 12.2. The number of nitrogens with zero attached hydrogens (tertiary/aromatic N) is 5. The smallest absolute Gasteiger partial charge is 0.404 e. The maximum Gasteiger partial charge on any atom is 0.404 e. The van der Waals surface area contributed by atoms with E-state index >= 15 is 0 Å². The van der Waals surface area contributed by atoms with E-state index in [9.17, 15) is 24.3 Å². The number of fused-ring (bicyclic) bond motifs is 2. The average Bonchev–Trinajstić information content (AvgIpc) is 3.19. The van der Waals surface area contributed by atoms with Crippen molar-refractivity contribution in [3.05, 3.63) is 52.4 Å². The Morgan fingerprint density at radius 2 is 1.85 bits per heavy atom. The van der Waals surface area contributed by atoms with Gasteiger partial charge in [-0.05, 0) is 47.6 Å². The van der Waals surface area contributed by atoms with Gasteiger partial charge >= 0.3 is 6.09 Å². The Morgan fingerprint density at radius 3 is 2.52 bits per heavy atom. The minimum atomic E-state index is -1.13. The Kier molecular flexibility index (Phi) is 5.92. The third-order valence-corrected chi connectivity index (χ3v) is 8.89.